The molecule has 0 radical (unpaired) electrons. The predicted octanol–water partition coefficient (Wildman–Crippen LogP) is 1.80. The first kappa shape index (κ1) is 11.6. The molecule has 2 unspecified atom stereocenters. The van der Waals surface area contributed by atoms with Gasteiger partial charge in [-0.15, -0.1) is 0 Å². The highest BCUT2D eigenvalue weighted by molar-refractivity contribution is 7.08. The molecule has 3 N–H and O–H groups in total. The van der Waals surface area contributed by atoms with Gasteiger partial charge in [0.15, 0.2) is 0 Å². The van der Waals surface area contributed by atoms with E-state index >= 15 is 0 Å². The molecule has 1 saturated carbocycles. The molecule has 2 rings (SSSR count). The quantitative estimate of drug-likeness (QED) is 0.843. The van der Waals surface area contributed by atoms with Gasteiger partial charge in [-0.1, -0.05) is 6.42 Å². The number of hydrogen-bond donors (Lipinski definition) is 2. The Balaban J connectivity index is 1.86. The normalized spacial score (nSPS) is 24.6. The zero-order valence-corrected chi connectivity index (χ0v) is 10.3. The molecule has 0 aliphatic heterocycles. The summed E-state index contributed by atoms with van der Waals surface area (Å²) in [5.74, 6) is 0.148. The second kappa shape index (κ2) is 4.97. The van der Waals surface area contributed by atoms with E-state index in [9.17, 15) is 4.79 Å². The third kappa shape index (κ3) is 2.44. The van der Waals surface area contributed by atoms with Crippen molar-refractivity contribution in [3.63, 3.8) is 0 Å². The van der Waals surface area contributed by atoms with Gasteiger partial charge in [0.2, 0.25) is 5.91 Å². The lowest BCUT2D eigenvalue weighted by Gasteiger charge is -2.14. The van der Waals surface area contributed by atoms with Gasteiger partial charge in [-0.2, -0.15) is 11.3 Å². The highest BCUT2D eigenvalue weighted by atomic mass is 32.1. The molecule has 0 spiro atoms. The molecule has 1 fully saturated rings. The van der Waals surface area contributed by atoms with Gasteiger partial charge in [-0.25, -0.2) is 0 Å². The number of amides is 1. The largest absolute Gasteiger partial charge is 0.352 e. The van der Waals surface area contributed by atoms with Crippen LogP contribution in [0.4, 0.5) is 0 Å². The lowest BCUT2D eigenvalue weighted by molar-refractivity contribution is -0.125. The Labute approximate surface area is 100 Å². The highest BCUT2D eigenvalue weighted by Gasteiger charge is 2.29. The third-order valence-electron chi connectivity index (χ3n) is 3.32. The molecule has 2 atom stereocenters. The van der Waals surface area contributed by atoms with E-state index in [0.29, 0.717) is 6.54 Å². The van der Waals surface area contributed by atoms with Gasteiger partial charge in [-0.05, 0) is 41.7 Å². The van der Waals surface area contributed by atoms with Gasteiger partial charge in [-0.3, -0.25) is 4.79 Å². The number of nitrogens with two attached hydrogens (primary N) is 1. The van der Waals surface area contributed by atoms with E-state index in [4.69, 9.17) is 5.73 Å². The van der Waals surface area contributed by atoms with E-state index in [0.717, 1.165) is 19.3 Å². The summed E-state index contributed by atoms with van der Waals surface area (Å²) in [4.78, 5) is 11.9. The predicted molar refractivity (Wildman–Crippen MR) is 66.2 cm³/mol. The molecule has 1 aromatic rings. The van der Waals surface area contributed by atoms with Crippen LogP contribution in [0.1, 0.15) is 30.4 Å². The van der Waals surface area contributed by atoms with Gasteiger partial charge in [0.1, 0.15) is 0 Å². The number of carbonyl (C=O) groups excluding carboxylic acids is 1. The Morgan fingerprint density at radius 3 is 2.94 bits per heavy atom. The molecule has 1 aliphatic carbocycles. The molecule has 1 heterocycles. The molecule has 16 heavy (non-hydrogen) atoms. The molecular formula is C12H18N2OS. The van der Waals surface area contributed by atoms with Crippen molar-refractivity contribution in [1.82, 2.24) is 5.32 Å². The van der Waals surface area contributed by atoms with Crippen LogP contribution in [0, 0.1) is 12.8 Å². The summed E-state index contributed by atoms with van der Waals surface area (Å²) in [6, 6.07) is 0.0589. The molecule has 3 nitrogen and oxygen atoms in total. The minimum atomic E-state index is 0.0268. The van der Waals surface area contributed by atoms with Gasteiger partial charge in [0.25, 0.3) is 0 Å². The van der Waals surface area contributed by atoms with Crippen molar-refractivity contribution in [1.29, 1.82) is 0 Å². The van der Waals surface area contributed by atoms with Crippen molar-refractivity contribution in [2.24, 2.45) is 11.7 Å². The van der Waals surface area contributed by atoms with E-state index in [2.05, 4.69) is 23.0 Å². The van der Waals surface area contributed by atoms with Crippen molar-refractivity contribution in [2.45, 2.75) is 38.8 Å². The van der Waals surface area contributed by atoms with Crippen LogP contribution < -0.4 is 11.1 Å². The standard InChI is InChI=1S/C12H18N2OS/c1-8-6-16-7-9(8)5-14-12(15)10-3-2-4-11(10)13/h6-7,10-11H,2-5,13H2,1H3,(H,14,15). The third-order valence-corrected chi connectivity index (χ3v) is 4.23. The van der Waals surface area contributed by atoms with Crippen LogP contribution in [0.5, 0.6) is 0 Å². The Hall–Kier alpha value is -0.870. The fourth-order valence-corrected chi connectivity index (χ4v) is 3.05. The Morgan fingerprint density at radius 2 is 2.38 bits per heavy atom. The van der Waals surface area contributed by atoms with E-state index in [-0.39, 0.29) is 17.9 Å². The van der Waals surface area contributed by atoms with Crippen LogP contribution in [0.25, 0.3) is 0 Å². The molecular weight excluding hydrogens is 220 g/mol. The van der Waals surface area contributed by atoms with E-state index in [1.807, 2.05) is 0 Å². The first-order valence-corrected chi connectivity index (χ1v) is 6.67. The van der Waals surface area contributed by atoms with Crippen LogP contribution >= 0.6 is 11.3 Å². The van der Waals surface area contributed by atoms with Crippen molar-refractivity contribution >= 4 is 17.2 Å². The highest BCUT2D eigenvalue weighted by Crippen LogP contribution is 2.24. The van der Waals surface area contributed by atoms with Crippen LogP contribution in [0.3, 0.4) is 0 Å². The number of aryl methyl sites for hydroxylation is 1. The minimum Gasteiger partial charge on any atom is -0.352 e. The molecule has 0 saturated heterocycles. The lowest BCUT2D eigenvalue weighted by Crippen LogP contribution is -2.38. The van der Waals surface area contributed by atoms with E-state index < -0.39 is 0 Å². The van der Waals surface area contributed by atoms with Crippen LogP contribution in [-0.4, -0.2) is 11.9 Å². The number of thiophene rings is 1. The maximum absolute atomic E-state index is 11.9. The summed E-state index contributed by atoms with van der Waals surface area (Å²) >= 11 is 1.67. The Bertz CT molecular complexity index is 375. The van der Waals surface area contributed by atoms with E-state index in [1.54, 1.807) is 11.3 Å². The van der Waals surface area contributed by atoms with Crippen LogP contribution in [-0.2, 0) is 11.3 Å². The maximum atomic E-state index is 11.9. The van der Waals surface area contributed by atoms with Gasteiger partial charge in [0.05, 0.1) is 5.92 Å². The Kier molecular flexibility index (Phi) is 3.61. The summed E-state index contributed by atoms with van der Waals surface area (Å²) in [5, 5.41) is 7.17. The van der Waals surface area contributed by atoms with Crippen LogP contribution in [0.2, 0.25) is 0 Å². The summed E-state index contributed by atoms with van der Waals surface area (Å²) in [7, 11) is 0. The lowest BCUT2D eigenvalue weighted by atomic mass is 10.0. The summed E-state index contributed by atoms with van der Waals surface area (Å²) in [6.45, 7) is 2.71. The molecule has 88 valence electrons. The zero-order chi connectivity index (χ0) is 11.5. The first-order chi connectivity index (χ1) is 7.68. The molecule has 1 amide bonds. The Morgan fingerprint density at radius 1 is 1.56 bits per heavy atom. The van der Waals surface area contributed by atoms with Crippen LogP contribution in [0.15, 0.2) is 10.8 Å². The van der Waals surface area contributed by atoms with Gasteiger partial charge >= 0.3 is 0 Å². The van der Waals surface area contributed by atoms with Crippen molar-refractivity contribution in [2.75, 3.05) is 0 Å². The topological polar surface area (TPSA) is 55.1 Å². The molecule has 0 aromatic carbocycles. The minimum absolute atomic E-state index is 0.0268. The molecule has 4 heteroatoms. The number of carbonyl (C=O) groups is 1. The fourth-order valence-electron chi connectivity index (χ4n) is 2.20. The van der Waals surface area contributed by atoms with E-state index in [1.165, 1.54) is 11.1 Å². The summed E-state index contributed by atoms with van der Waals surface area (Å²) < 4.78 is 0. The number of hydrogen-bond acceptors (Lipinski definition) is 3. The number of rotatable bonds is 3. The zero-order valence-electron chi connectivity index (χ0n) is 9.53. The fraction of sp³-hybridized carbons (Fsp3) is 0.583. The maximum Gasteiger partial charge on any atom is 0.224 e. The molecule has 1 aliphatic rings. The number of nitrogens with one attached hydrogen (secondary N) is 1. The second-order valence-electron chi connectivity index (χ2n) is 4.50. The average molecular weight is 238 g/mol. The molecule has 0 bridgehead atoms. The summed E-state index contributed by atoms with van der Waals surface area (Å²) in [5.41, 5.74) is 8.36. The van der Waals surface area contributed by atoms with Crippen molar-refractivity contribution in [3.8, 4) is 0 Å². The first-order valence-electron chi connectivity index (χ1n) is 5.73. The van der Waals surface area contributed by atoms with Gasteiger partial charge in [0, 0.05) is 12.6 Å². The summed E-state index contributed by atoms with van der Waals surface area (Å²) in [6.07, 6.45) is 3.00. The SMILES string of the molecule is Cc1cscc1CNC(=O)C1CCCC1N. The monoisotopic (exact) mass is 238 g/mol. The van der Waals surface area contributed by atoms with Gasteiger partial charge < -0.3 is 11.1 Å². The average Bonchev–Trinajstić information content (AvgIpc) is 2.84. The van der Waals surface area contributed by atoms with Crippen molar-refractivity contribution in [3.05, 3.63) is 21.9 Å². The smallest absolute Gasteiger partial charge is 0.224 e. The second-order valence-corrected chi connectivity index (χ2v) is 5.24. The molecule has 1 aromatic heterocycles. The van der Waals surface area contributed by atoms with Crippen molar-refractivity contribution < 1.29 is 4.79 Å².